The molecule has 3 rings (SSSR count). The van der Waals surface area contributed by atoms with Gasteiger partial charge < -0.3 is 14.6 Å². The molecule has 1 aliphatic heterocycles. The highest BCUT2D eigenvalue weighted by atomic mass is 32.2. The molecule has 1 amide bonds. The number of nitrogens with zero attached hydrogens (tertiary/aromatic N) is 2. The smallest absolute Gasteiger partial charge is 0.252 e. The Hall–Kier alpha value is -1.83. The van der Waals surface area contributed by atoms with E-state index in [2.05, 4.69) is 15.4 Å². The van der Waals surface area contributed by atoms with Crippen LogP contribution in [0, 0.1) is 13.8 Å². The maximum Gasteiger partial charge on any atom is 0.252 e. The van der Waals surface area contributed by atoms with Gasteiger partial charge in [0.25, 0.3) is 5.91 Å². The number of nitrogens with one attached hydrogen (secondary N) is 1. The summed E-state index contributed by atoms with van der Waals surface area (Å²) in [5.41, 5.74) is 2.71. The number of rotatable bonds is 7. The molecule has 6 nitrogen and oxygen atoms in total. The van der Waals surface area contributed by atoms with Gasteiger partial charge in [-0.1, -0.05) is 17.3 Å². The van der Waals surface area contributed by atoms with E-state index < -0.39 is 0 Å². The second kappa shape index (κ2) is 9.21. The summed E-state index contributed by atoms with van der Waals surface area (Å²) >= 11 is 1.64. The van der Waals surface area contributed by atoms with Crippen molar-refractivity contribution in [1.82, 2.24) is 15.4 Å². The fraction of sp³-hybridized carbons (Fsp3) is 0.474. The van der Waals surface area contributed by atoms with Gasteiger partial charge in [0, 0.05) is 42.4 Å². The van der Waals surface area contributed by atoms with Gasteiger partial charge in [0.05, 0.1) is 24.5 Å². The van der Waals surface area contributed by atoms with Crippen LogP contribution in [-0.4, -0.2) is 55.4 Å². The SMILES string of the molecule is Cc1noc(C)c1CSc1ccccc1C(=O)NCCN1CCOCC1. The van der Waals surface area contributed by atoms with E-state index >= 15 is 0 Å². The van der Waals surface area contributed by atoms with Crippen molar-refractivity contribution in [3.8, 4) is 0 Å². The number of hydrogen-bond acceptors (Lipinski definition) is 6. The van der Waals surface area contributed by atoms with E-state index in [1.807, 2.05) is 38.1 Å². The molecular weight excluding hydrogens is 350 g/mol. The Kier molecular flexibility index (Phi) is 6.71. The largest absolute Gasteiger partial charge is 0.379 e. The number of benzene rings is 1. The average Bonchev–Trinajstić information content (AvgIpc) is 2.99. The third kappa shape index (κ3) is 4.87. The molecule has 2 heterocycles. The highest BCUT2D eigenvalue weighted by molar-refractivity contribution is 7.98. The minimum atomic E-state index is -0.0277. The molecule has 1 N–H and O–H groups in total. The third-order valence-corrected chi connectivity index (χ3v) is 5.60. The van der Waals surface area contributed by atoms with E-state index in [-0.39, 0.29) is 5.91 Å². The Bertz CT molecular complexity index is 722. The molecule has 1 aromatic carbocycles. The zero-order valence-corrected chi connectivity index (χ0v) is 16.1. The van der Waals surface area contributed by atoms with Gasteiger partial charge in [-0.2, -0.15) is 0 Å². The minimum absolute atomic E-state index is 0.0277. The number of aryl methyl sites for hydroxylation is 2. The van der Waals surface area contributed by atoms with Crippen LogP contribution in [0.15, 0.2) is 33.7 Å². The van der Waals surface area contributed by atoms with Crippen molar-refractivity contribution >= 4 is 17.7 Å². The topological polar surface area (TPSA) is 67.6 Å². The van der Waals surface area contributed by atoms with E-state index in [1.165, 1.54) is 0 Å². The molecule has 7 heteroatoms. The molecule has 0 spiro atoms. The minimum Gasteiger partial charge on any atom is -0.379 e. The van der Waals surface area contributed by atoms with Crippen LogP contribution in [0.5, 0.6) is 0 Å². The van der Waals surface area contributed by atoms with Gasteiger partial charge in [-0.25, -0.2) is 0 Å². The molecule has 1 aromatic heterocycles. The van der Waals surface area contributed by atoms with Crippen LogP contribution in [0.2, 0.25) is 0 Å². The second-order valence-electron chi connectivity index (χ2n) is 6.30. The van der Waals surface area contributed by atoms with E-state index in [0.29, 0.717) is 12.1 Å². The summed E-state index contributed by atoms with van der Waals surface area (Å²) in [6.07, 6.45) is 0. The quantitative estimate of drug-likeness (QED) is 0.751. The first-order valence-electron chi connectivity index (χ1n) is 8.87. The average molecular weight is 375 g/mol. The van der Waals surface area contributed by atoms with Gasteiger partial charge >= 0.3 is 0 Å². The second-order valence-corrected chi connectivity index (χ2v) is 7.31. The van der Waals surface area contributed by atoms with Gasteiger partial charge in [0.2, 0.25) is 0 Å². The Morgan fingerprint density at radius 2 is 2.04 bits per heavy atom. The lowest BCUT2D eigenvalue weighted by atomic mass is 10.2. The van der Waals surface area contributed by atoms with Crippen LogP contribution in [0.1, 0.15) is 27.4 Å². The van der Waals surface area contributed by atoms with Crippen LogP contribution in [0.25, 0.3) is 0 Å². The van der Waals surface area contributed by atoms with Gasteiger partial charge in [-0.3, -0.25) is 9.69 Å². The van der Waals surface area contributed by atoms with Crippen LogP contribution in [0.4, 0.5) is 0 Å². The van der Waals surface area contributed by atoms with E-state index in [4.69, 9.17) is 9.26 Å². The molecule has 0 radical (unpaired) electrons. The lowest BCUT2D eigenvalue weighted by Gasteiger charge is -2.26. The molecule has 1 aliphatic rings. The maximum absolute atomic E-state index is 12.6. The summed E-state index contributed by atoms with van der Waals surface area (Å²) in [7, 11) is 0. The van der Waals surface area contributed by atoms with Crippen molar-refractivity contribution in [2.75, 3.05) is 39.4 Å². The molecule has 26 heavy (non-hydrogen) atoms. The summed E-state index contributed by atoms with van der Waals surface area (Å²) in [5.74, 6) is 1.54. The molecule has 1 fully saturated rings. The summed E-state index contributed by atoms with van der Waals surface area (Å²) in [4.78, 5) is 15.9. The predicted octanol–water partition coefficient (Wildman–Crippen LogP) is 2.65. The van der Waals surface area contributed by atoms with Crippen LogP contribution in [0.3, 0.4) is 0 Å². The van der Waals surface area contributed by atoms with Crippen molar-refractivity contribution in [3.63, 3.8) is 0 Å². The predicted molar refractivity (Wildman–Crippen MR) is 102 cm³/mol. The number of thioether (sulfide) groups is 1. The van der Waals surface area contributed by atoms with E-state index in [1.54, 1.807) is 11.8 Å². The molecule has 140 valence electrons. The normalized spacial score (nSPS) is 15.2. The number of carbonyl (C=O) groups is 1. The summed E-state index contributed by atoms with van der Waals surface area (Å²) in [5, 5.41) is 7.03. The highest BCUT2D eigenvalue weighted by Crippen LogP contribution is 2.28. The lowest BCUT2D eigenvalue weighted by molar-refractivity contribution is 0.0383. The Morgan fingerprint density at radius 1 is 1.27 bits per heavy atom. The molecule has 1 saturated heterocycles. The van der Waals surface area contributed by atoms with Gasteiger partial charge in [-0.15, -0.1) is 11.8 Å². The van der Waals surface area contributed by atoms with E-state index in [9.17, 15) is 4.79 Å². The van der Waals surface area contributed by atoms with Crippen molar-refractivity contribution < 1.29 is 14.1 Å². The summed E-state index contributed by atoms with van der Waals surface area (Å²) in [6, 6.07) is 7.72. The fourth-order valence-electron chi connectivity index (χ4n) is 2.89. The molecule has 0 aliphatic carbocycles. The molecule has 0 bridgehead atoms. The van der Waals surface area contributed by atoms with Crippen molar-refractivity contribution in [3.05, 3.63) is 46.8 Å². The van der Waals surface area contributed by atoms with Crippen molar-refractivity contribution in [2.24, 2.45) is 0 Å². The Morgan fingerprint density at radius 3 is 2.77 bits per heavy atom. The lowest BCUT2D eigenvalue weighted by Crippen LogP contribution is -2.41. The summed E-state index contributed by atoms with van der Waals surface area (Å²) < 4.78 is 10.6. The van der Waals surface area contributed by atoms with Gasteiger partial charge in [0.15, 0.2) is 0 Å². The summed E-state index contributed by atoms with van der Waals surface area (Å²) in [6.45, 7) is 8.76. The monoisotopic (exact) mass is 375 g/mol. The molecular formula is C19H25N3O3S. The Balaban J connectivity index is 1.56. The van der Waals surface area contributed by atoms with Gasteiger partial charge in [0.1, 0.15) is 5.76 Å². The molecule has 0 saturated carbocycles. The van der Waals surface area contributed by atoms with Crippen LogP contribution < -0.4 is 5.32 Å². The first-order valence-corrected chi connectivity index (χ1v) is 9.85. The number of aromatic nitrogens is 1. The first-order chi connectivity index (χ1) is 12.6. The molecule has 0 atom stereocenters. The maximum atomic E-state index is 12.6. The Labute approximate surface area is 158 Å². The molecule has 0 unspecified atom stereocenters. The number of hydrogen-bond donors (Lipinski definition) is 1. The van der Waals surface area contributed by atoms with Gasteiger partial charge in [-0.05, 0) is 26.0 Å². The number of ether oxygens (including phenoxy) is 1. The zero-order valence-electron chi connectivity index (χ0n) is 15.3. The van der Waals surface area contributed by atoms with E-state index in [0.717, 1.165) is 60.5 Å². The van der Waals surface area contributed by atoms with Crippen LogP contribution >= 0.6 is 11.8 Å². The van der Waals surface area contributed by atoms with Crippen molar-refractivity contribution in [2.45, 2.75) is 24.5 Å². The zero-order chi connectivity index (χ0) is 18.4. The fourth-order valence-corrected chi connectivity index (χ4v) is 4.09. The number of amides is 1. The van der Waals surface area contributed by atoms with Crippen LogP contribution in [-0.2, 0) is 10.5 Å². The first kappa shape index (κ1) is 18.9. The van der Waals surface area contributed by atoms with Crippen molar-refractivity contribution in [1.29, 1.82) is 0 Å². The standard InChI is InChI=1S/C19H25N3O3S/c1-14-17(15(2)25-21-14)13-26-18-6-4-3-5-16(18)19(23)20-7-8-22-9-11-24-12-10-22/h3-6H,7-13H2,1-2H3,(H,20,23). The number of carbonyl (C=O) groups excluding carboxylic acids is 1. The highest BCUT2D eigenvalue weighted by Gasteiger charge is 2.15. The third-order valence-electron chi connectivity index (χ3n) is 4.50. The number of morpholine rings is 1. The molecule has 2 aromatic rings.